The molecule has 5 heterocycles. The summed E-state index contributed by atoms with van der Waals surface area (Å²) in [5, 5.41) is 12.2. The quantitative estimate of drug-likeness (QED) is 0.227. The Morgan fingerprint density at radius 2 is 1.79 bits per heavy atom. The minimum absolute atomic E-state index is 0.0131. The molecule has 4 aromatic heterocycles. The number of halogens is 4. The van der Waals surface area contributed by atoms with Gasteiger partial charge in [-0.05, 0) is 48.0 Å². The van der Waals surface area contributed by atoms with Gasteiger partial charge in [-0.3, -0.25) is 4.79 Å². The van der Waals surface area contributed by atoms with Crippen molar-refractivity contribution in [2.75, 3.05) is 38.2 Å². The maximum absolute atomic E-state index is 14.5. The first-order valence-corrected chi connectivity index (χ1v) is 15.1. The molecule has 7 rings (SSSR count). The number of benzene rings is 2. The zero-order valence-corrected chi connectivity index (χ0v) is 25.3. The standard InChI is InChI=1S/C33H30F4N8O2/c1-47-29-7-3-23(19-39-29)22-2-5-27-25(16-22)31-30(32(46)44(27)15-14-42-11-8-21(18-34)20-42)40-41-45(31)24-4-6-28(26(17-24)33(35,36)37)43-12-9-38-10-13-43/h2-8,11,16-17,19-20,38H,9-10,12-15,18H2,1H3. The summed E-state index contributed by atoms with van der Waals surface area (Å²) in [6.45, 7) is 2.07. The number of pyridine rings is 2. The third-order valence-electron chi connectivity index (χ3n) is 8.47. The molecule has 242 valence electrons. The van der Waals surface area contributed by atoms with Crippen molar-refractivity contribution >= 4 is 27.6 Å². The normalized spacial score (nSPS) is 13.9. The van der Waals surface area contributed by atoms with Gasteiger partial charge in [-0.25, -0.2) is 14.1 Å². The summed E-state index contributed by atoms with van der Waals surface area (Å²) < 4.78 is 66.4. The second-order valence-corrected chi connectivity index (χ2v) is 11.3. The molecule has 0 amide bonds. The van der Waals surface area contributed by atoms with E-state index in [1.54, 1.807) is 56.9 Å². The number of hydrogen-bond donors (Lipinski definition) is 1. The predicted molar refractivity (Wildman–Crippen MR) is 170 cm³/mol. The highest BCUT2D eigenvalue weighted by atomic mass is 19.4. The highest BCUT2D eigenvalue weighted by Gasteiger charge is 2.36. The largest absolute Gasteiger partial charge is 0.481 e. The molecule has 1 N–H and O–H groups in total. The van der Waals surface area contributed by atoms with Crippen LogP contribution in [0.1, 0.15) is 11.1 Å². The second-order valence-electron chi connectivity index (χ2n) is 11.3. The van der Waals surface area contributed by atoms with Crippen LogP contribution in [0.25, 0.3) is 38.8 Å². The van der Waals surface area contributed by atoms with E-state index in [0.717, 1.165) is 17.2 Å². The molecule has 1 aliphatic rings. The Morgan fingerprint density at radius 1 is 0.979 bits per heavy atom. The Balaban J connectivity index is 1.41. The minimum Gasteiger partial charge on any atom is -0.481 e. The molecule has 47 heavy (non-hydrogen) atoms. The zero-order valence-electron chi connectivity index (χ0n) is 25.3. The van der Waals surface area contributed by atoms with E-state index >= 15 is 0 Å². The number of fused-ring (bicyclic) bond motifs is 3. The van der Waals surface area contributed by atoms with E-state index in [-0.39, 0.29) is 29.0 Å². The maximum Gasteiger partial charge on any atom is 0.418 e. The van der Waals surface area contributed by atoms with Crippen LogP contribution in [0.5, 0.6) is 5.88 Å². The minimum atomic E-state index is -4.63. The third kappa shape index (κ3) is 5.69. The number of anilines is 1. The summed E-state index contributed by atoms with van der Waals surface area (Å²) in [6.07, 6.45) is 0.450. The Hall–Kier alpha value is -5.24. The van der Waals surface area contributed by atoms with Gasteiger partial charge in [0.25, 0.3) is 5.56 Å². The van der Waals surface area contributed by atoms with E-state index in [1.807, 2.05) is 18.2 Å². The number of nitrogens with one attached hydrogen (secondary N) is 1. The number of piperazine rings is 1. The van der Waals surface area contributed by atoms with Gasteiger partial charge < -0.3 is 24.1 Å². The van der Waals surface area contributed by atoms with Gasteiger partial charge in [-0.2, -0.15) is 13.2 Å². The first kappa shape index (κ1) is 30.4. The van der Waals surface area contributed by atoms with Crippen LogP contribution in [-0.4, -0.2) is 62.4 Å². The van der Waals surface area contributed by atoms with Gasteiger partial charge in [-0.15, -0.1) is 5.10 Å². The summed E-state index contributed by atoms with van der Waals surface area (Å²) >= 11 is 0. The van der Waals surface area contributed by atoms with Crippen molar-refractivity contribution in [1.82, 2.24) is 34.4 Å². The van der Waals surface area contributed by atoms with E-state index in [4.69, 9.17) is 4.74 Å². The SMILES string of the molecule is COc1ccc(-c2ccc3c(c2)c2c(nnn2-c2ccc(N4CCNCC4)c(C(F)(F)F)c2)c(=O)n3CCn2ccc(CF)c2)cn1. The van der Waals surface area contributed by atoms with Crippen LogP contribution in [0.15, 0.2) is 78.0 Å². The van der Waals surface area contributed by atoms with Crippen LogP contribution >= 0.6 is 0 Å². The van der Waals surface area contributed by atoms with Gasteiger partial charge >= 0.3 is 6.18 Å². The van der Waals surface area contributed by atoms with Crippen molar-refractivity contribution in [2.24, 2.45) is 0 Å². The molecule has 14 heteroatoms. The molecular formula is C33H30F4N8O2. The van der Waals surface area contributed by atoms with Crippen molar-refractivity contribution in [3.05, 3.63) is 94.7 Å². The fraction of sp³-hybridized carbons (Fsp3) is 0.273. The van der Waals surface area contributed by atoms with E-state index in [9.17, 15) is 22.4 Å². The average molecular weight is 647 g/mol. The molecule has 10 nitrogen and oxygen atoms in total. The van der Waals surface area contributed by atoms with E-state index < -0.39 is 24.0 Å². The molecule has 0 unspecified atom stereocenters. The van der Waals surface area contributed by atoms with E-state index in [0.29, 0.717) is 55.1 Å². The number of ether oxygens (including phenoxy) is 1. The van der Waals surface area contributed by atoms with E-state index in [2.05, 4.69) is 20.6 Å². The monoisotopic (exact) mass is 646 g/mol. The topological polar surface area (TPSA) is 95.0 Å². The van der Waals surface area contributed by atoms with E-state index in [1.165, 1.54) is 17.9 Å². The van der Waals surface area contributed by atoms with Gasteiger partial charge in [0.2, 0.25) is 5.88 Å². The van der Waals surface area contributed by atoms with Gasteiger partial charge in [0.05, 0.1) is 23.9 Å². The number of alkyl halides is 4. The molecule has 0 aliphatic carbocycles. The highest BCUT2D eigenvalue weighted by Crippen LogP contribution is 2.39. The lowest BCUT2D eigenvalue weighted by molar-refractivity contribution is -0.137. The first-order valence-electron chi connectivity index (χ1n) is 15.1. The van der Waals surface area contributed by atoms with Gasteiger partial charge in [0.1, 0.15) is 12.2 Å². The molecule has 1 aliphatic heterocycles. The lowest BCUT2D eigenvalue weighted by Crippen LogP contribution is -2.44. The fourth-order valence-corrected chi connectivity index (χ4v) is 6.11. The molecule has 0 radical (unpaired) electrons. The number of rotatable bonds is 8. The molecule has 2 aromatic carbocycles. The smallest absolute Gasteiger partial charge is 0.418 e. The molecule has 0 spiro atoms. The first-order chi connectivity index (χ1) is 22.7. The predicted octanol–water partition coefficient (Wildman–Crippen LogP) is 5.21. The van der Waals surface area contributed by atoms with Gasteiger partial charge in [0.15, 0.2) is 5.52 Å². The molecule has 0 saturated carbocycles. The Bertz CT molecular complexity index is 2130. The summed E-state index contributed by atoms with van der Waals surface area (Å²) in [5.74, 6) is 0.443. The Labute approximate surface area is 265 Å². The van der Waals surface area contributed by atoms with Crippen LogP contribution in [0.4, 0.5) is 23.2 Å². The summed E-state index contributed by atoms with van der Waals surface area (Å²) in [6, 6.07) is 14.8. The third-order valence-corrected chi connectivity index (χ3v) is 8.47. The Morgan fingerprint density at radius 3 is 2.49 bits per heavy atom. The van der Waals surface area contributed by atoms with Crippen LogP contribution in [-0.2, 0) is 25.9 Å². The number of hydrogen-bond acceptors (Lipinski definition) is 7. The highest BCUT2D eigenvalue weighted by molar-refractivity contribution is 6.04. The van der Waals surface area contributed by atoms with Crippen molar-refractivity contribution < 1.29 is 22.3 Å². The fourth-order valence-electron chi connectivity index (χ4n) is 6.11. The van der Waals surface area contributed by atoms with Crippen molar-refractivity contribution in [3.63, 3.8) is 0 Å². The number of methoxy groups -OCH3 is 1. The molecule has 0 atom stereocenters. The molecule has 1 fully saturated rings. The maximum atomic E-state index is 14.5. The van der Waals surface area contributed by atoms with Gasteiger partial charge in [-0.1, -0.05) is 11.3 Å². The van der Waals surface area contributed by atoms with Crippen LogP contribution in [0, 0.1) is 0 Å². The number of aryl methyl sites for hydroxylation is 2. The number of nitrogens with zero attached hydrogens (tertiary/aromatic N) is 7. The molecule has 6 aromatic rings. The summed E-state index contributed by atoms with van der Waals surface area (Å²) in [7, 11) is 1.52. The molecular weight excluding hydrogens is 616 g/mol. The molecule has 1 saturated heterocycles. The number of aromatic nitrogens is 6. The summed E-state index contributed by atoms with van der Waals surface area (Å²) in [5.41, 5.74) is 1.88. The van der Waals surface area contributed by atoms with Crippen molar-refractivity contribution in [2.45, 2.75) is 25.9 Å². The lowest BCUT2D eigenvalue weighted by Gasteiger charge is -2.31. The molecule has 0 bridgehead atoms. The van der Waals surface area contributed by atoms with Crippen molar-refractivity contribution in [1.29, 1.82) is 0 Å². The van der Waals surface area contributed by atoms with Crippen molar-refractivity contribution in [3.8, 4) is 22.7 Å². The summed E-state index contributed by atoms with van der Waals surface area (Å²) in [4.78, 5) is 20.0. The van der Waals surface area contributed by atoms with Crippen LogP contribution < -0.4 is 20.5 Å². The second kappa shape index (κ2) is 12.2. The lowest BCUT2D eigenvalue weighted by atomic mass is 10.0. The Kier molecular flexibility index (Phi) is 7.88. The zero-order chi connectivity index (χ0) is 32.7. The van der Waals surface area contributed by atoms with Crippen LogP contribution in [0.3, 0.4) is 0 Å². The van der Waals surface area contributed by atoms with Gasteiger partial charge in [0, 0.05) is 86.1 Å². The van der Waals surface area contributed by atoms with Crippen LogP contribution in [0.2, 0.25) is 0 Å². The average Bonchev–Trinajstić information content (AvgIpc) is 3.76.